The van der Waals surface area contributed by atoms with E-state index >= 15 is 0 Å². The summed E-state index contributed by atoms with van der Waals surface area (Å²) in [5.41, 5.74) is 6.68. The van der Waals surface area contributed by atoms with Gasteiger partial charge >= 0.3 is 5.97 Å². The predicted octanol–water partition coefficient (Wildman–Crippen LogP) is 2.01. The predicted molar refractivity (Wildman–Crippen MR) is 58.7 cm³/mol. The number of hydrogen-bond donors (Lipinski definition) is 2. The van der Waals surface area contributed by atoms with E-state index in [1.807, 2.05) is 6.07 Å². The van der Waals surface area contributed by atoms with Gasteiger partial charge in [0.1, 0.15) is 0 Å². The fourth-order valence-electron chi connectivity index (χ4n) is 1.19. The van der Waals surface area contributed by atoms with E-state index in [0.29, 0.717) is 11.1 Å². The van der Waals surface area contributed by atoms with Gasteiger partial charge in [0.25, 0.3) is 0 Å². The van der Waals surface area contributed by atoms with Crippen LogP contribution in [0.3, 0.4) is 0 Å². The highest BCUT2D eigenvalue weighted by molar-refractivity contribution is 14.1. The van der Waals surface area contributed by atoms with Gasteiger partial charge in [-0.25, -0.2) is 4.79 Å². The molecule has 0 heterocycles. The highest BCUT2D eigenvalue weighted by Crippen LogP contribution is 2.22. The number of nitrogens with two attached hydrogens (primary N) is 1. The molecule has 0 aliphatic rings. The molecule has 0 spiro atoms. The Balaban J connectivity index is 3.34. The second-order valence-corrected chi connectivity index (χ2v) is 3.96. The van der Waals surface area contributed by atoms with Crippen molar-refractivity contribution in [3.8, 4) is 0 Å². The first-order valence-electron chi connectivity index (χ1n) is 3.81. The molecule has 13 heavy (non-hydrogen) atoms. The van der Waals surface area contributed by atoms with Gasteiger partial charge < -0.3 is 10.8 Å². The van der Waals surface area contributed by atoms with Crippen LogP contribution in [0.1, 0.15) is 28.9 Å². The largest absolute Gasteiger partial charge is 0.478 e. The maximum Gasteiger partial charge on any atom is 0.336 e. The molecule has 0 radical (unpaired) electrons. The number of hydrogen-bond acceptors (Lipinski definition) is 2. The Morgan fingerprint density at radius 1 is 1.62 bits per heavy atom. The number of carboxylic acid groups (broad SMARTS) is 1. The lowest BCUT2D eigenvalue weighted by atomic mass is 10.0. The molecule has 1 aromatic rings. The number of benzene rings is 1. The molecule has 0 bridgehead atoms. The molecule has 0 aliphatic heterocycles. The van der Waals surface area contributed by atoms with Crippen LogP contribution in [0.15, 0.2) is 18.2 Å². The fraction of sp³-hybridized carbons (Fsp3) is 0.222. The van der Waals surface area contributed by atoms with Gasteiger partial charge in [0.15, 0.2) is 0 Å². The van der Waals surface area contributed by atoms with Crippen molar-refractivity contribution >= 4 is 28.6 Å². The van der Waals surface area contributed by atoms with Crippen LogP contribution >= 0.6 is 22.6 Å². The van der Waals surface area contributed by atoms with E-state index in [9.17, 15) is 4.79 Å². The summed E-state index contributed by atoms with van der Waals surface area (Å²) in [7, 11) is 0. The molecular weight excluding hydrogens is 281 g/mol. The molecule has 0 saturated carbocycles. The Morgan fingerprint density at radius 3 is 2.62 bits per heavy atom. The number of carboxylic acids is 1. The van der Waals surface area contributed by atoms with E-state index in [1.54, 1.807) is 19.1 Å². The summed E-state index contributed by atoms with van der Waals surface area (Å²) in [5.74, 6) is -0.925. The average molecular weight is 291 g/mol. The standard InChI is InChI=1S/C9H10INO2/c1-5(11)8-6(9(12)13)3-2-4-7(8)10/h2-5H,11H2,1H3,(H,12,13). The Hall–Kier alpha value is -0.620. The molecule has 1 unspecified atom stereocenters. The van der Waals surface area contributed by atoms with Crippen molar-refractivity contribution in [2.75, 3.05) is 0 Å². The van der Waals surface area contributed by atoms with E-state index < -0.39 is 5.97 Å². The number of halogens is 1. The molecule has 0 saturated heterocycles. The van der Waals surface area contributed by atoms with Crippen LogP contribution in [-0.4, -0.2) is 11.1 Å². The molecule has 0 aliphatic carbocycles. The molecule has 1 aromatic carbocycles. The topological polar surface area (TPSA) is 63.3 Å². The van der Waals surface area contributed by atoms with Gasteiger partial charge in [0.05, 0.1) is 5.56 Å². The molecule has 3 N–H and O–H groups in total. The monoisotopic (exact) mass is 291 g/mol. The Labute approximate surface area is 90.1 Å². The third-order valence-corrected chi connectivity index (χ3v) is 2.68. The Morgan fingerprint density at radius 2 is 2.23 bits per heavy atom. The van der Waals surface area contributed by atoms with Gasteiger partial charge in [0, 0.05) is 9.61 Å². The van der Waals surface area contributed by atoms with Crippen LogP contribution in [0.2, 0.25) is 0 Å². The molecule has 1 atom stereocenters. The number of rotatable bonds is 2. The van der Waals surface area contributed by atoms with E-state index in [2.05, 4.69) is 22.6 Å². The SMILES string of the molecule is CC(N)c1c(I)cccc1C(=O)O. The molecule has 0 amide bonds. The zero-order valence-electron chi connectivity index (χ0n) is 7.12. The van der Waals surface area contributed by atoms with Gasteiger partial charge in [-0.05, 0) is 47.2 Å². The van der Waals surface area contributed by atoms with Gasteiger partial charge in [-0.1, -0.05) is 6.07 Å². The summed E-state index contributed by atoms with van der Waals surface area (Å²) in [5, 5.41) is 8.88. The van der Waals surface area contributed by atoms with Gasteiger partial charge in [-0.15, -0.1) is 0 Å². The van der Waals surface area contributed by atoms with Gasteiger partial charge in [-0.3, -0.25) is 0 Å². The molecular formula is C9H10INO2. The first-order valence-corrected chi connectivity index (χ1v) is 4.89. The zero-order chi connectivity index (χ0) is 10.0. The lowest BCUT2D eigenvalue weighted by Gasteiger charge is -2.11. The highest BCUT2D eigenvalue weighted by Gasteiger charge is 2.15. The molecule has 0 fully saturated rings. The number of aromatic carboxylic acids is 1. The van der Waals surface area contributed by atoms with Crippen molar-refractivity contribution in [2.45, 2.75) is 13.0 Å². The minimum Gasteiger partial charge on any atom is -0.478 e. The van der Waals surface area contributed by atoms with Gasteiger partial charge in [0.2, 0.25) is 0 Å². The Kier molecular flexibility index (Phi) is 3.27. The van der Waals surface area contributed by atoms with Crippen molar-refractivity contribution in [3.05, 3.63) is 32.9 Å². The quantitative estimate of drug-likeness (QED) is 0.819. The third-order valence-electron chi connectivity index (χ3n) is 1.74. The van der Waals surface area contributed by atoms with Crippen molar-refractivity contribution in [3.63, 3.8) is 0 Å². The minimum atomic E-state index is -0.925. The van der Waals surface area contributed by atoms with Crippen LogP contribution in [-0.2, 0) is 0 Å². The minimum absolute atomic E-state index is 0.251. The van der Waals surface area contributed by atoms with Crippen molar-refractivity contribution in [1.29, 1.82) is 0 Å². The Bertz CT molecular complexity index is 336. The number of carbonyl (C=O) groups is 1. The van der Waals surface area contributed by atoms with Crippen LogP contribution in [0.5, 0.6) is 0 Å². The second kappa shape index (κ2) is 4.06. The summed E-state index contributed by atoms with van der Waals surface area (Å²) in [6.07, 6.45) is 0. The summed E-state index contributed by atoms with van der Waals surface area (Å²) >= 11 is 2.09. The molecule has 1 rings (SSSR count). The summed E-state index contributed by atoms with van der Waals surface area (Å²) in [6, 6.07) is 4.89. The van der Waals surface area contributed by atoms with Crippen LogP contribution in [0.25, 0.3) is 0 Å². The normalized spacial score (nSPS) is 12.5. The third kappa shape index (κ3) is 2.19. The van der Waals surface area contributed by atoms with Gasteiger partial charge in [-0.2, -0.15) is 0 Å². The van der Waals surface area contributed by atoms with Crippen molar-refractivity contribution < 1.29 is 9.90 Å². The van der Waals surface area contributed by atoms with Crippen LogP contribution in [0.4, 0.5) is 0 Å². The van der Waals surface area contributed by atoms with Crippen LogP contribution < -0.4 is 5.73 Å². The fourth-order valence-corrected chi connectivity index (χ4v) is 2.18. The zero-order valence-corrected chi connectivity index (χ0v) is 9.28. The van der Waals surface area contributed by atoms with E-state index in [-0.39, 0.29) is 6.04 Å². The summed E-state index contributed by atoms with van der Waals surface area (Å²) in [6.45, 7) is 1.78. The second-order valence-electron chi connectivity index (χ2n) is 2.79. The van der Waals surface area contributed by atoms with E-state index in [1.165, 1.54) is 0 Å². The maximum atomic E-state index is 10.8. The lowest BCUT2D eigenvalue weighted by Crippen LogP contribution is -2.13. The average Bonchev–Trinajstić information content (AvgIpc) is 2.02. The smallest absolute Gasteiger partial charge is 0.336 e. The van der Waals surface area contributed by atoms with Crippen molar-refractivity contribution in [1.82, 2.24) is 0 Å². The summed E-state index contributed by atoms with van der Waals surface area (Å²) < 4.78 is 0.896. The van der Waals surface area contributed by atoms with Crippen molar-refractivity contribution in [2.24, 2.45) is 5.73 Å². The highest BCUT2D eigenvalue weighted by atomic mass is 127. The molecule has 0 aromatic heterocycles. The maximum absolute atomic E-state index is 10.8. The van der Waals surface area contributed by atoms with Crippen LogP contribution in [0, 0.1) is 3.57 Å². The lowest BCUT2D eigenvalue weighted by molar-refractivity contribution is 0.0695. The van der Waals surface area contributed by atoms with E-state index in [4.69, 9.17) is 10.8 Å². The molecule has 4 heteroatoms. The molecule has 70 valence electrons. The first kappa shape index (κ1) is 10.5. The molecule has 3 nitrogen and oxygen atoms in total. The first-order chi connectivity index (χ1) is 6.04. The summed E-state index contributed by atoms with van der Waals surface area (Å²) in [4.78, 5) is 10.8. The van der Waals surface area contributed by atoms with E-state index in [0.717, 1.165) is 3.57 Å².